The standard InChI is InChI=1S/C53H102NO11P/c1-7-10-13-16-19-22-24-25-28-30-33-36-39-44(38-35-32-29-27-23-20-17-14-11-8-2)51(57)64-49-46(54-48(56)41-45(55)40-37-34-31-26-21-18-15-12-9-3)42-62-47(50(49)65-66(59,60)61)43-63-52(58)53(4,5)6/h44-47,49-50,55H,7-43H2,1-6H3,(H,54,56)(H2,59,60,61)/t44?,45-,46+,47-,49-,50-/m1/s1. The molecule has 0 bridgehead atoms. The maximum Gasteiger partial charge on any atom is 0.470 e. The Morgan fingerprint density at radius 1 is 0.606 bits per heavy atom. The van der Waals surface area contributed by atoms with Gasteiger partial charge >= 0.3 is 19.8 Å². The van der Waals surface area contributed by atoms with E-state index in [-0.39, 0.29) is 13.0 Å². The zero-order valence-electron chi connectivity index (χ0n) is 43.2. The van der Waals surface area contributed by atoms with E-state index in [9.17, 15) is 33.8 Å². The van der Waals surface area contributed by atoms with Gasteiger partial charge in [0.05, 0.1) is 36.5 Å². The highest BCUT2D eigenvalue weighted by Gasteiger charge is 2.48. The number of ether oxygens (including phenoxy) is 3. The molecule has 0 aliphatic carbocycles. The lowest BCUT2D eigenvalue weighted by atomic mass is 9.93. The Morgan fingerprint density at radius 2 is 0.985 bits per heavy atom. The molecule has 0 radical (unpaired) electrons. The molecule has 1 aliphatic heterocycles. The number of phosphoric ester groups is 1. The van der Waals surface area contributed by atoms with Gasteiger partial charge in [-0.05, 0) is 40.0 Å². The highest BCUT2D eigenvalue weighted by molar-refractivity contribution is 7.46. The first-order chi connectivity index (χ1) is 31.6. The molecule has 0 saturated carbocycles. The zero-order valence-corrected chi connectivity index (χ0v) is 44.1. The fourth-order valence-corrected chi connectivity index (χ4v) is 9.50. The van der Waals surface area contributed by atoms with Crippen molar-refractivity contribution in [3.8, 4) is 0 Å². The number of carbonyl (C=O) groups excluding carboxylic acids is 3. The quantitative estimate of drug-likeness (QED) is 0.0260. The molecule has 1 rings (SSSR count). The molecule has 0 aromatic heterocycles. The Balaban J connectivity index is 3.12. The van der Waals surface area contributed by atoms with Crippen LogP contribution in [0.4, 0.5) is 0 Å². The number of amides is 1. The molecule has 0 aromatic rings. The van der Waals surface area contributed by atoms with Crippen molar-refractivity contribution >= 4 is 25.7 Å². The summed E-state index contributed by atoms with van der Waals surface area (Å²) in [6.45, 7) is 11.1. The van der Waals surface area contributed by atoms with Crippen LogP contribution in [-0.4, -0.2) is 76.4 Å². The van der Waals surface area contributed by atoms with E-state index >= 15 is 0 Å². The first-order valence-corrected chi connectivity index (χ1v) is 28.9. The predicted molar refractivity (Wildman–Crippen MR) is 267 cm³/mol. The van der Waals surface area contributed by atoms with Crippen LogP contribution in [0.25, 0.3) is 0 Å². The molecule has 1 saturated heterocycles. The second-order valence-electron chi connectivity index (χ2n) is 20.7. The number of nitrogens with one attached hydrogen (secondary N) is 1. The molecule has 1 heterocycles. The summed E-state index contributed by atoms with van der Waals surface area (Å²) >= 11 is 0. The third-order valence-corrected chi connectivity index (χ3v) is 13.7. The summed E-state index contributed by atoms with van der Waals surface area (Å²) in [7, 11) is -5.21. The van der Waals surface area contributed by atoms with E-state index in [4.69, 9.17) is 18.7 Å². The van der Waals surface area contributed by atoms with E-state index in [0.717, 1.165) is 64.2 Å². The molecule has 1 unspecified atom stereocenters. The average molecular weight is 960 g/mol. The van der Waals surface area contributed by atoms with Crippen LogP contribution in [0.3, 0.4) is 0 Å². The van der Waals surface area contributed by atoms with Crippen molar-refractivity contribution in [2.24, 2.45) is 11.3 Å². The first-order valence-electron chi connectivity index (χ1n) is 27.3. The van der Waals surface area contributed by atoms with Gasteiger partial charge in [-0.3, -0.25) is 18.9 Å². The molecule has 0 aromatic carbocycles. The first kappa shape index (κ1) is 62.5. The third kappa shape index (κ3) is 33.1. The molecule has 1 aliphatic rings. The smallest absolute Gasteiger partial charge is 0.462 e. The number of aliphatic hydroxyl groups excluding tert-OH is 1. The predicted octanol–water partition coefficient (Wildman–Crippen LogP) is 13.5. The zero-order chi connectivity index (χ0) is 48.9. The average Bonchev–Trinajstić information content (AvgIpc) is 3.25. The fraction of sp³-hybridized carbons (Fsp3) is 0.943. The van der Waals surface area contributed by atoms with Crippen LogP contribution in [0.2, 0.25) is 0 Å². The van der Waals surface area contributed by atoms with Gasteiger partial charge in [-0.2, -0.15) is 0 Å². The number of rotatable bonds is 43. The molecule has 12 nitrogen and oxygen atoms in total. The maximum atomic E-state index is 14.4. The minimum absolute atomic E-state index is 0.189. The van der Waals surface area contributed by atoms with E-state index in [1.54, 1.807) is 20.8 Å². The minimum atomic E-state index is -5.21. The molecule has 1 fully saturated rings. The van der Waals surface area contributed by atoms with Crippen LogP contribution in [0.15, 0.2) is 0 Å². The van der Waals surface area contributed by atoms with Gasteiger partial charge in [-0.25, -0.2) is 4.57 Å². The van der Waals surface area contributed by atoms with Crippen molar-refractivity contribution in [2.75, 3.05) is 13.2 Å². The lowest BCUT2D eigenvalue weighted by Crippen LogP contribution is -2.62. The lowest BCUT2D eigenvalue weighted by molar-refractivity contribution is -0.197. The van der Waals surface area contributed by atoms with Gasteiger partial charge in [-0.1, -0.05) is 220 Å². The van der Waals surface area contributed by atoms with E-state index in [0.29, 0.717) is 19.3 Å². The third-order valence-electron chi connectivity index (χ3n) is 13.1. The van der Waals surface area contributed by atoms with Gasteiger partial charge in [0.2, 0.25) is 5.91 Å². The van der Waals surface area contributed by atoms with Gasteiger partial charge < -0.3 is 34.4 Å². The van der Waals surface area contributed by atoms with E-state index in [2.05, 4.69) is 26.1 Å². The Labute approximate surface area is 403 Å². The summed E-state index contributed by atoms with van der Waals surface area (Å²) in [5.74, 6) is -2.01. The van der Waals surface area contributed by atoms with Gasteiger partial charge in [0.25, 0.3) is 0 Å². The second kappa shape index (κ2) is 39.2. The molecular weight excluding hydrogens is 858 g/mol. The largest absolute Gasteiger partial charge is 0.470 e. The van der Waals surface area contributed by atoms with Crippen molar-refractivity contribution in [1.82, 2.24) is 5.32 Å². The number of unbranched alkanes of at least 4 members (excludes halogenated alkanes) is 28. The monoisotopic (exact) mass is 960 g/mol. The van der Waals surface area contributed by atoms with Crippen LogP contribution in [0, 0.1) is 11.3 Å². The normalized spacial score (nSPS) is 18.8. The van der Waals surface area contributed by atoms with Crippen LogP contribution < -0.4 is 5.32 Å². The summed E-state index contributed by atoms with van der Waals surface area (Å²) in [5.41, 5.74) is -0.860. The Hall–Kier alpha value is -1.56. The number of carbonyl (C=O) groups is 3. The molecule has 13 heteroatoms. The van der Waals surface area contributed by atoms with E-state index in [1.165, 1.54) is 135 Å². The van der Waals surface area contributed by atoms with Gasteiger partial charge in [0.15, 0.2) is 6.10 Å². The summed E-state index contributed by atoms with van der Waals surface area (Å²) in [6, 6.07) is -1.04. The van der Waals surface area contributed by atoms with Crippen LogP contribution in [-0.2, 0) is 37.7 Å². The van der Waals surface area contributed by atoms with Crippen molar-refractivity contribution < 1.29 is 52.6 Å². The number of phosphoric acid groups is 1. The molecule has 66 heavy (non-hydrogen) atoms. The maximum absolute atomic E-state index is 14.4. The highest BCUT2D eigenvalue weighted by atomic mass is 31.2. The number of hydrogen-bond acceptors (Lipinski definition) is 9. The number of hydrogen-bond donors (Lipinski definition) is 4. The van der Waals surface area contributed by atoms with Crippen LogP contribution >= 0.6 is 7.82 Å². The summed E-state index contributed by atoms with van der Waals surface area (Å²) in [6.07, 6.45) is 32.9. The molecular formula is C53H102NO11P. The number of esters is 2. The lowest BCUT2D eigenvalue weighted by Gasteiger charge is -2.42. The summed E-state index contributed by atoms with van der Waals surface area (Å²) in [4.78, 5) is 60.9. The van der Waals surface area contributed by atoms with Crippen LogP contribution in [0.5, 0.6) is 0 Å². The Kier molecular flexibility index (Phi) is 37.1. The van der Waals surface area contributed by atoms with Gasteiger partial charge in [-0.15, -0.1) is 0 Å². The SMILES string of the molecule is CCCCCCCCCCCCCCC(CCCCCCCCCCCC)C(=O)O[C@H]1[C@H](OP(=O)(O)O)[C@@H](COC(=O)C(C)(C)C)OC[C@@H]1NC(=O)C[C@H](O)CCCCCCCCCCC. The van der Waals surface area contributed by atoms with Crippen molar-refractivity contribution in [1.29, 1.82) is 0 Å². The fourth-order valence-electron chi connectivity index (χ4n) is 8.93. The summed E-state index contributed by atoms with van der Waals surface area (Å²) < 4.78 is 35.6. The number of aliphatic hydroxyl groups is 1. The molecule has 6 atom stereocenters. The molecule has 4 N–H and O–H groups in total. The minimum Gasteiger partial charge on any atom is -0.462 e. The second-order valence-corrected chi connectivity index (χ2v) is 21.9. The van der Waals surface area contributed by atoms with Crippen molar-refractivity contribution in [2.45, 2.75) is 297 Å². The van der Waals surface area contributed by atoms with Gasteiger partial charge in [0.1, 0.15) is 18.8 Å². The van der Waals surface area contributed by atoms with Crippen molar-refractivity contribution in [3.63, 3.8) is 0 Å². The topological polar surface area (TPSA) is 178 Å². The Bertz CT molecular complexity index is 1260. The van der Waals surface area contributed by atoms with Crippen molar-refractivity contribution in [3.05, 3.63) is 0 Å². The van der Waals surface area contributed by atoms with Gasteiger partial charge in [0, 0.05) is 0 Å². The summed E-state index contributed by atoms with van der Waals surface area (Å²) in [5, 5.41) is 13.7. The Morgan fingerprint density at radius 3 is 1.36 bits per heavy atom. The van der Waals surface area contributed by atoms with E-state index < -0.39 is 74.1 Å². The molecule has 390 valence electrons. The highest BCUT2D eigenvalue weighted by Crippen LogP contribution is 2.42. The molecule has 0 spiro atoms. The molecule has 1 amide bonds. The van der Waals surface area contributed by atoms with Crippen LogP contribution in [0.1, 0.15) is 266 Å². The van der Waals surface area contributed by atoms with E-state index in [1.807, 2.05) is 0 Å².